The topological polar surface area (TPSA) is 78.9 Å². The maximum absolute atomic E-state index is 11.6. The molecule has 1 heterocycles. The van der Waals surface area contributed by atoms with Gasteiger partial charge in [-0.25, -0.2) is 9.59 Å². The number of amides is 1. The van der Waals surface area contributed by atoms with E-state index in [0.717, 1.165) is 24.1 Å². The van der Waals surface area contributed by atoms with E-state index in [1.165, 1.54) is 0 Å². The molecule has 0 atom stereocenters. The van der Waals surface area contributed by atoms with Gasteiger partial charge < -0.3 is 15.2 Å². The van der Waals surface area contributed by atoms with Crippen molar-refractivity contribution in [2.75, 3.05) is 19.6 Å². The molecule has 23 heavy (non-hydrogen) atoms. The van der Waals surface area contributed by atoms with Crippen LogP contribution in [0.4, 0.5) is 4.79 Å². The average Bonchev–Trinajstić information content (AvgIpc) is 2.44. The number of benzene rings is 1. The molecule has 0 radical (unpaired) electrons. The van der Waals surface area contributed by atoms with Crippen molar-refractivity contribution in [3.63, 3.8) is 0 Å². The monoisotopic (exact) mass is 320 g/mol. The van der Waals surface area contributed by atoms with Gasteiger partial charge in [0.15, 0.2) is 0 Å². The number of aromatic carboxylic acids is 1. The fraction of sp³-hybridized carbons (Fsp3) is 0.529. The number of carbonyl (C=O) groups excluding carboxylic acids is 1. The third-order valence-electron chi connectivity index (χ3n) is 3.68. The lowest BCUT2D eigenvalue weighted by Gasteiger charge is -2.29. The molecular formula is C17H24N2O4. The van der Waals surface area contributed by atoms with Crippen LogP contribution in [0.25, 0.3) is 0 Å². The summed E-state index contributed by atoms with van der Waals surface area (Å²) in [7, 11) is 0. The predicted octanol–water partition coefficient (Wildman–Crippen LogP) is 2.27. The number of hydrogen-bond donors (Lipinski definition) is 2. The SMILES string of the molecule is CC(C)(C)OC(=O)NCCN1CCc2cccc(C(=O)O)c2C1. The van der Waals surface area contributed by atoms with E-state index < -0.39 is 17.7 Å². The molecular weight excluding hydrogens is 296 g/mol. The third kappa shape index (κ3) is 4.96. The summed E-state index contributed by atoms with van der Waals surface area (Å²) in [5.74, 6) is -0.893. The Morgan fingerprint density at radius 3 is 2.74 bits per heavy atom. The first-order valence-electron chi connectivity index (χ1n) is 7.79. The quantitative estimate of drug-likeness (QED) is 0.890. The first kappa shape index (κ1) is 17.3. The standard InChI is InChI=1S/C17H24N2O4/c1-17(2,3)23-16(22)18-8-10-19-9-7-12-5-4-6-13(15(20)21)14(12)11-19/h4-6H,7-11H2,1-3H3,(H,18,22)(H,20,21). The fourth-order valence-corrected chi connectivity index (χ4v) is 2.66. The molecule has 0 saturated heterocycles. The molecule has 2 N–H and O–H groups in total. The van der Waals surface area contributed by atoms with Crippen LogP contribution in [-0.2, 0) is 17.7 Å². The van der Waals surface area contributed by atoms with Gasteiger partial charge in [0.1, 0.15) is 5.60 Å². The lowest BCUT2D eigenvalue weighted by atomic mass is 9.95. The highest BCUT2D eigenvalue weighted by Crippen LogP contribution is 2.22. The number of carboxylic acids is 1. The van der Waals surface area contributed by atoms with Crippen molar-refractivity contribution < 1.29 is 19.4 Å². The van der Waals surface area contributed by atoms with Gasteiger partial charge in [-0.1, -0.05) is 12.1 Å². The molecule has 1 aromatic carbocycles. The van der Waals surface area contributed by atoms with E-state index in [2.05, 4.69) is 10.2 Å². The lowest BCUT2D eigenvalue weighted by Crippen LogP contribution is -2.40. The molecule has 0 spiro atoms. The number of rotatable bonds is 4. The number of nitrogens with zero attached hydrogens (tertiary/aromatic N) is 1. The zero-order valence-electron chi connectivity index (χ0n) is 13.9. The Hall–Kier alpha value is -2.08. The predicted molar refractivity (Wildman–Crippen MR) is 86.6 cm³/mol. The summed E-state index contributed by atoms with van der Waals surface area (Å²) in [5, 5.41) is 12.0. The van der Waals surface area contributed by atoms with Gasteiger partial charge in [-0.15, -0.1) is 0 Å². The van der Waals surface area contributed by atoms with Crippen molar-refractivity contribution in [3.05, 3.63) is 34.9 Å². The number of carboxylic acid groups (broad SMARTS) is 1. The van der Waals surface area contributed by atoms with Gasteiger partial charge in [-0.2, -0.15) is 0 Å². The van der Waals surface area contributed by atoms with Crippen molar-refractivity contribution >= 4 is 12.1 Å². The molecule has 0 aromatic heterocycles. The number of alkyl carbamates (subject to hydrolysis) is 1. The number of carbonyl (C=O) groups is 2. The molecule has 0 fully saturated rings. The Morgan fingerprint density at radius 1 is 1.35 bits per heavy atom. The minimum absolute atomic E-state index is 0.368. The largest absolute Gasteiger partial charge is 0.478 e. The summed E-state index contributed by atoms with van der Waals surface area (Å²) in [4.78, 5) is 25.1. The molecule has 0 bridgehead atoms. The van der Waals surface area contributed by atoms with Gasteiger partial charge in [0, 0.05) is 26.2 Å². The smallest absolute Gasteiger partial charge is 0.407 e. The molecule has 0 unspecified atom stereocenters. The van der Waals surface area contributed by atoms with E-state index >= 15 is 0 Å². The Labute approximate surface area is 136 Å². The summed E-state index contributed by atoms with van der Waals surface area (Å²) in [6.45, 7) is 8.04. The molecule has 0 aliphatic carbocycles. The van der Waals surface area contributed by atoms with E-state index in [9.17, 15) is 14.7 Å². The van der Waals surface area contributed by atoms with E-state index in [4.69, 9.17) is 4.74 Å². The zero-order chi connectivity index (χ0) is 17.0. The molecule has 1 aliphatic heterocycles. The second-order valence-corrected chi connectivity index (χ2v) is 6.70. The molecule has 6 nitrogen and oxygen atoms in total. The number of hydrogen-bond acceptors (Lipinski definition) is 4. The molecule has 1 aliphatic rings. The van der Waals surface area contributed by atoms with Gasteiger partial charge in [0.25, 0.3) is 0 Å². The van der Waals surface area contributed by atoms with E-state index in [1.54, 1.807) is 12.1 Å². The van der Waals surface area contributed by atoms with Crippen LogP contribution >= 0.6 is 0 Å². The van der Waals surface area contributed by atoms with Gasteiger partial charge >= 0.3 is 12.1 Å². The summed E-state index contributed by atoms with van der Waals surface area (Å²) in [5.41, 5.74) is 1.84. The molecule has 126 valence electrons. The number of ether oxygens (including phenoxy) is 1. The first-order valence-corrected chi connectivity index (χ1v) is 7.79. The maximum atomic E-state index is 11.6. The van der Waals surface area contributed by atoms with Crippen molar-refractivity contribution in [2.45, 2.75) is 39.3 Å². The molecule has 6 heteroatoms. The highest BCUT2D eigenvalue weighted by atomic mass is 16.6. The van der Waals surface area contributed by atoms with Crippen LogP contribution in [-0.4, -0.2) is 47.3 Å². The van der Waals surface area contributed by atoms with Crippen LogP contribution in [0.3, 0.4) is 0 Å². The Bertz CT molecular complexity index is 593. The lowest BCUT2D eigenvalue weighted by molar-refractivity contribution is 0.0521. The highest BCUT2D eigenvalue weighted by Gasteiger charge is 2.21. The van der Waals surface area contributed by atoms with Crippen LogP contribution in [0.5, 0.6) is 0 Å². The molecule has 1 amide bonds. The minimum Gasteiger partial charge on any atom is -0.478 e. The van der Waals surface area contributed by atoms with Crippen molar-refractivity contribution in [1.82, 2.24) is 10.2 Å². The van der Waals surface area contributed by atoms with Crippen LogP contribution in [0.2, 0.25) is 0 Å². The Kier molecular flexibility index (Phi) is 5.26. The second kappa shape index (κ2) is 7.00. The van der Waals surface area contributed by atoms with Gasteiger partial charge in [-0.3, -0.25) is 4.90 Å². The van der Waals surface area contributed by atoms with Crippen LogP contribution in [0.15, 0.2) is 18.2 Å². The van der Waals surface area contributed by atoms with Crippen molar-refractivity contribution in [2.24, 2.45) is 0 Å². The van der Waals surface area contributed by atoms with Gasteiger partial charge in [0.2, 0.25) is 0 Å². The van der Waals surface area contributed by atoms with Gasteiger partial charge in [-0.05, 0) is 44.4 Å². The van der Waals surface area contributed by atoms with E-state index in [0.29, 0.717) is 25.2 Å². The summed E-state index contributed by atoms with van der Waals surface area (Å²) in [6.07, 6.45) is 0.393. The first-order chi connectivity index (χ1) is 10.8. The van der Waals surface area contributed by atoms with Crippen LogP contribution < -0.4 is 5.32 Å². The average molecular weight is 320 g/mol. The summed E-state index contributed by atoms with van der Waals surface area (Å²) >= 11 is 0. The number of nitrogens with one attached hydrogen (secondary N) is 1. The van der Waals surface area contributed by atoms with Crippen LogP contribution in [0, 0.1) is 0 Å². The molecule has 2 rings (SSSR count). The van der Waals surface area contributed by atoms with Gasteiger partial charge in [0.05, 0.1) is 5.56 Å². The maximum Gasteiger partial charge on any atom is 0.407 e. The second-order valence-electron chi connectivity index (χ2n) is 6.70. The summed E-state index contributed by atoms with van der Waals surface area (Å²) < 4.78 is 5.19. The Morgan fingerprint density at radius 2 is 2.09 bits per heavy atom. The number of fused-ring (bicyclic) bond motifs is 1. The third-order valence-corrected chi connectivity index (χ3v) is 3.68. The van der Waals surface area contributed by atoms with Crippen LogP contribution in [0.1, 0.15) is 42.3 Å². The zero-order valence-corrected chi connectivity index (χ0v) is 13.9. The fourth-order valence-electron chi connectivity index (χ4n) is 2.66. The summed E-state index contributed by atoms with van der Waals surface area (Å²) in [6, 6.07) is 5.42. The van der Waals surface area contributed by atoms with E-state index in [1.807, 2.05) is 26.8 Å². The normalized spacial score (nSPS) is 14.9. The van der Waals surface area contributed by atoms with E-state index in [-0.39, 0.29) is 0 Å². The van der Waals surface area contributed by atoms with Crippen molar-refractivity contribution in [1.29, 1.82) is 0 Å². The molecule has 1 aromatic rings. The Balaban J connectivity index is 1.88. The van der Waals surface area contributed by atoms with Crippen molar-refractivity contribution in [3.8, 4) is 0 Å². The molecule has 0 saturated carbocycles. The minimum atomic E-state index is -0.893. The highest BCUT2D eigenvalue weighted by molar-refractivity contribution is 5.89.